The SMILES string of the molecule is CCc1ccc(-c2c(C(=O)O)c3nc4ccc(N(CC)CC)cc4oc-3c(OC)c2=O)cc1. The van der Waals surface area contributed by atoms with E-state index in [2.05, 4.69) is 23.7 Å². The van der Waals surface area contributed by atoms with E-state index in [1.807, 2.05) is 31.2 Å². The summed E-state index contributed by atoms with van der Waals surface area (Å²) < 4.78 is 11.5. The Morgan fingerprint density at radius 3 is 2.36 bits per heavy atom. The van der Waals surface area contributed by atoms with E-state index in [0.29, 0.717) is 16.7 Å². The molecule has 0 radical (unpaired) electrons. The minimum Gasteiger partial charge on any atom is -0.490 e. The Kier molecular flexibility index (Phi) is 6.05. The van der Waals surface area contributed by atoms with Gasteiger partial charge >= 0.3 is 5.97 Å². The summed E-state index contributed by atoms with van der Waals surface area (Å²) >= 11 is 0. The number of aryl methyl sites for hydroxylation is 1. The average molecular weight is 447 g/mol. The molecule has 2 aromatic rings. The lowest BCUT2D eigenvalue weighted by Gasteiger charge is -2.21. The van der Waals surface area contributed by atoms with E-state index in [0.717, 1.165) is 30.8 Å². The second-order valence-electron chi connectivity index (χ2n) is 7.68. The minimum absolute atomic E-state index is 0.0259. The molecular formula is C26H26N2O5. The number of aromatic carboxylic acids is 1. The number of ether oxygens (including phenoxy) is 1. The highest BCUT2D eigenvalue weighted by Gasteiger charge is 2.31. The van der Waals surface area contributed by atoms with Gasteiger partial charge in [-0.15, -0.1) is 0 Å². The van der Waals surface area contributed by atoms with Crippen LogP contribution >= 0.6 is 0 Å². The molecule has 1 aliphatic heterocycles. The summed E-state index contributed by atoms with van der Waals surface area (Å²) in [5.74, 6) is -1.29. The van der Waals surface area contributed by atoms with Crippen LogP contribution in [0.15, 0.2) is 51.7 Å². The first kappa shape index (κ1) is 22.3. The molecule has 1 N–H and O–H groups in total. The Morgan fingerprint density at radius 2 is 1.79 bits per heavy atom. The zero-order chi connectivity index (χ0) is 23.7. The molecule has 0 aromatic heterocycles. The van der Waals surface area contributed by atoms with Crippen LogP contribution in [0.3, 0.4) is 0 Å². The maximum atomic E-state index is 13.4. The van der Waals surface area contributed by atoms with Gasteiger partial charge in [-0.1, -0.05) is 31.2 Å². The molecule has 0 saturated heterocycles. The van der Waals surface area contributed by atoms with Crippen LogP contribution in [0.25, 0.3) is 33.7 Å². The van der Waals surface area contributed by atoms with Crippen LogP contribution in [0.1, 0.15) is 36.7 Å². The van der Waals surface area contributed by atoms with E-state index in [1.165, 1.54) is 7.11 Å². The molecule has 170 valence electrons. The third kappa shape index (κ3) is 3.80. The van der Waals surface area contributed by atoms with Gasteiger partial charge in [-0.05, 0) is 43.5 Å². The molecule has 7 nitrogen and oxygen atoms in total. The summed E-state index contributed by atoms with van der Waals surface area (Å²) in [4.78, 5) is 32.5. The molecule has 0 amide bonds. The predicted octanol–water partition coefficient (Wildman–Crippen LogP) is 5.08. The summed E-state index contributed by atoms with van der Waals surface area (Å²) in [6.45, 7) is 7.78. The molecule has 0 spiro atoms. The van der Waals surface area contributed by atoms with Gasteiger partial charge in [0, 0.05) is 24.8 Å². The van der Waals surface area contributed by atoms with Gasteiger partial charge in [-0.3, -0.25) is 4.79 Å². The zero-order valence-electron chi connectivity index (χ0n) is 19.1. The Balaban J connectivity index is 2.07. The Morgan fingerprint density at radius 1 is 1.09 bits per heavy atom. The van der Waals surface area contributed by atoms with Crippen molar-refractivity contribution in [1.29, 1.82) is 0 Å². The van der Waals surface area contributed by atoms with Crippen LogP contribution in [-0.4, -0.2) is 36.3 Å². The number of hydrogen-bond donors (Lipinski definition) is 1. The lowest BCUT2D eigenvalue weighted by molar-refractivity contribution is 0.0698. The van der Waals surface area contributed by atoms with Crippen molar-refractivity contribution in [2.24, 2.45) is 0 Å². The van der Waals surface area contributed by atoms with E-state index in [9.17, 15) is 14.7 Å². The number of hydrogen-bond acceptors (Lipinski definition) is 6. The monoisotopic (exact) mass is 446 g/mol. The Labute approximate surface area is 191 Å². The van der Waals surface area contributed by atoms with Gasteiger partial charge in [0.05, 0.1) is 12.7 Å². The molecule has 0 bridgehead atoms. The number of nitrogens with zero attached hydrogens (tertiary/aromatic N) is 2. The molecule has 7 heteroatoms. The maximum Gasteiger partial charge on any atom is 0.338 e. The van der Waals surface area contributed by atoms with E-state index < -0.39 is 11.4 Å². The molecule has 1 heterocycles. The van der Waals surface area contributed by atoms with E-state index in [1.54, 1.807) is 18.2 Å². The van der Waals surface area contributed by atoms with Crippen molar-refractivity contribution >= 4 is 22.8 Å². The number of rotatable bonds is 7. The van der Waals surface area contributed by atoms with Gasteiger partial charge in [-0.2, -0.15) is 0 Å². The Bertz CT molecular complexity index is 1350. The third-order valence-corrected chi connectivity index (χ3v) is 5.93. The minimum atomic E-state index is -1.25. The zero-order valence-corrected chi connectivity index (χ0v) is 19.1. The summed E-state index contributed by atoms with van der Waals surface area (Å²) in [7, 11) is 1.37. The Hall–Kier alpha value is -3.87. The number of carboxylic acid groups (broad SMARTS) is 1. The molecule has 1 aliphatic carbocycles. The standard InChI is InChI=1S/C26H26N2O5/c1-5-15-8-10-16(11-9-15)20-21(26(30)31)22-24(25(32-4)23(20)29)33-19-14-17(28(6-2)7-3)12-13-18(19)27-22/h8-14H,5-7H2,1-4H3,(H,30,31). The number of fused-ring (bicyclic) bond motifs is 2. The first-order valence-electron chi connectivity index (χ1n) is 11.0. The van der Waals surface area contributed by atoms with Crippen LogP contribution in [-0.2, 0) is 6.42 Å². The number of carboxylic acids is 1. The summed E-state index contributed by atoms with van der Waals surface area (Å²) in [5.41, 5.74) is 2.84. The maximum absolute atomic E-state index is 13.4. The third-order valence-electron chi connectivity index (χ3n) is 5.93. The predicted molar refractivity (Wildman–Crippen MR) is 129 cm³/mol. The van der Waals surface area contributed by atoms with Crippen molar-refractivity contribution in [1.82, 2.24) is 4.98 Å². The molecule has 0 saturated carbocycles. The highest BCUT2D eigenvalue weighted by Crippen LogP contribution is 2.39. The van der Waals surface area contributed by atoms with Gasteiger partial charge in [-0.25, -0.2) is 9.78 Å². The van der Waals surface area contributed by atoms with Crippen molar-refractivity contribution in [2.45, 2.75) is 27.2 Å². The second-order valence-corrected chi connectivity index (χ2v) is 7.68. The summed E-state index contributed by atoms with van der Waals surface area (Å²) in [6, 6.07) is 12.8. The van der Waals surface area contributed by atoms with E-state index in [-0.39, 0.29) is 28.3 Å². The second kappa shape index (κ2) is 8.94. The number of aromatic nitrogens is 1. The highest BCUT2D eigenvalue weighted by molar-refractivity contribution is 6.04. The lowest BCUT2D eigenvalue weighted by Crippen LogP contribution is -2.21. The fraction of sp³-hybridized carbons (Fsp3) is 0.269. The fourth-order valence-electron chi connectivity index (χ4n) is 4.14. The molecule has 0 unspecified atom stereocenters. The van der Waals surface area contributed by atoms with Crippen LogP contribution in [0, 0.1) is 0 Å². The van der Waals surface area contributed by atoms with Crippen LogP contribution in [0.5, 0.6) is 5.75 Å². The van der Waals surface area contributed by atoms with Crippen LogP contribution < -0.4 is 15.1 Å². The van der Waals surface area contributed by atoms with Gasteiger partial charge in [0.15, 0.2) is 11.3 Å². The van der Waals surface area contributed by atoms with Gasteiger partial charge < -0.3 is 19.2 Å². The van der Waals surface area contributed by atoms with Crippen LogP contribution in [0.2, 0.25) is 0 Å². The van der Waals surface area contributed by atoms with Crippen molar-refractivity contribution in [2.75, 3.05) is 25.1 Å². The van der Waals surface area contributed by atoms with Crippen molar-refractivity contribution in [3.8, 4) is 28.3 Å². The quantitative estimate of drug-likeness (QED) is 0.396. The van der Waals surface area contributed by atoms with E-state index in [4.69, 9.17) is 9.15 Å². The lowest BCUT2D eigenvalue weighted by atomic mass is 9.93. The average Bonchev–Trinajstić information content (AvgIpc) is 2.83. The normalized spacial score (nSPS) is 11.2. The number of anilines is 1. The highest BCUT2D eigenvalue weighted by atomic mass is 16.5. The van der Waals surface area contributed by atoms with Crippen LogP contribution in [0.4, 0.5) is 5.69 Å². The fourth-order valence-corrected chi connectivity index (χ4v) is 4.14. The van der Waals surface area contributed by atoms with Gasteiger partial charge in [0.2, 0.25) is 11.2 Å². The van der Waals surface area contributed by atoms with Gasteiger partial charge in [0.25, 0.3) is 0 Å². The van der Waals surface area contributed by atoms with Crippen molar-refractivity contribution in [3.05, 3.63) is 63.8 Å². The number of benzene rings is 3. The summed E-state index contributed by atoms with van der Waals surface area (Å²) in [5, 5.41) is 10.1. The van der Waals surface area contributed by atoms with Crippen molar-refractivity contribution < 1.29 is 19.1 Å². The van der Waals surface area contributed by atoms with Crippen molar-refractivity contribution in [3.63, 3.8) is 0 Å². The first-order chi connectivity index (χ1) is 15.9. The molecule has 2 aliphatic rings. The van der Waals surface area contributed by atoms with E-state index >= 15 is 0 Å². The molecule has 0 atom stereocenters. The van der Waals surface area contributed by atoms with Gasteiger partial charge in [0.1, 0.15) is 16.8 Å². The largest absolute Gasteiger partial charge is 0.490 e. The molecule has 2 aromatic carbocycles. The molecule has 33 heavy (non-hydrogen) atoms. The number of methoxy groups -OCH3 is 1. The molecule has 0 fully saturated rings. The topological polar surface area (TPSA) is 92.9 Å². The first-order valence-corrected chi connectivity index (χ1v) is 11.0. The molecule has 4 rings (SSSR count). The molecular weight excluding hydrogens is 420 g/mol. The summed E-state index contributed by atoms with van der Waals surface area (Å²) in [6.07, 6.45) is 0.833. The smallest absolute Gasteiger partial charge is 0.338 e. The number of carbonyl (C=O) groups is 1.